The predicted molar refractivity (Wildman–Crippen MR) is 81.2 cm³/mol. The zero-order valence-electron chi connectivity index (χ0n) is 14.5. The third-order valence-corrected chi connectivity index (χ3v) is 5.09. The number of hydrogen-bond acceptors (Lipinski definition) is 8. The van der Waals surface area contributed by atoms with Gasteiger partial charge in [-0.25, -0.2) is 18.7 Å². The van der Waals surface area contributed by atoms with Gasteiger partial charge in [0.2, 0.25) is 10.4 Å². The summed E-state index contributed by atoms with van der Waals surface area (Å²) < 4.78 is 36.4. The molecule has 3 aliphatic heterocycles. The first-order valence-corrected chi connectivity index (χ1v) is 9.56. The molecule has 0 radical (unpaired) electrons. The van der Waals surface area contributed by atoms with Crippen LogP contribution in [0.3, 0.4) is 0 Å². The van der Waals surface area contributed by atoms with E-state index in [1.165, 1.54) is 4.90 Å². The van der Waals surface area contributed by atoms with Crippen molar-refractivity contribution in [1.82, 2.24) is 20.8 Å². The molecule has 0 unspecified atom stereocenters. The van der Waals surface area contributed by atoms with Gasteiger partial charge in [-0.3, -0.25) is 9.63 Å². The molecule has 13 heteroatoms. The van der Waals surface area contributed by atoms with Crippen molar-refractivity contribution in [1.29, 1.82) is 0 Å². The number of amides is 3. The molecule has 0 spiro atoms. The summed E-state index contributed by atoms with van der Waals surface area (Å²) in [5.41, 5.74) is 2.37. The number of carbonyl (C=O) groups excluding carboxylic acids is 2. The maximum Gasteiger partial charge on any atom is 1.00 e. The Bertz CT molecular complexity index is 628. The molecule has 3 rings (SSSR count). The van der Waals surface area contributed by atoms with Gasteiger partial charge >= 0.3 is 35.6 Å². The standard InChI is InChI=1S/C13H22N4O7S.Na/c18-12(15-23-8-9-3-5-14-6-4-9)11-2-1-10-7-16(11)13(19)17(10)24-25(20,21)22;/h9-11,14H,1-8H2,(H,15,18)(H,20,21,22);/q;+1/p-1/t10-,11+;/m1./s1. The van der Waals surface area contributed by atoms with Crippen LogP contribution in [0.2, 0.25) is 0 Å². The molecule has 11 nitrogen and oxygen atoms in total. The van der Waals surface area contributed by atoms with Gasteiger partial charge in [-0.1, -0.05) is 0 Å². The Labute approximate surface area is 173 Å². The number of fused-ring (bicyclic) bond motifs is 2. The molecule has 3 amide bonds. The molecule has 26 heavy (non-hydrogen) atoms. The van der Waals surface area contributed by atoms with E-state index in [-0.39, 0.29) is 36.1 Å². The minimum Gasteiger partial charge on any atom is -0.724 e. The Hall–Kier alpha value is -0.470. The molecule has 3 aliphatic rings. The summed E-state index contributed by atoms with van der Waals surface area (Å²) >= 11 is 0. The average molecular weight is 400 g/mol. The third-order valence-electron chi connectivity index (χ3n) is 4.75. The molecule has 3 fully saturated rings. The third kappa shape index (κ3) is 5.29. The van der Waals surface area contributed by atoms with Crippen LogP contribution in [0, 0.1) is 5.92 Å². The van der Waals surface area contributed by atoms with Gasteiger partial charge in [0, 0.05) is 6.54 Å². The van der Waals surface area contributed by atoms with Crippen LogP contribution in [0.4, 0.5) is 4.79 Å². The van der Waals surface area contributed by atoms with E-state index in [1.54, 1.807) is 0 Å². The molecular weight excluding hydrogens is 379 g/mol. The van der Waals surface area contributed by atoms with Crippen LogP contribution in [0.1, 0.15) is 25.7 Å². The first-order chi connectivity index (χ1) is 11.8. The molecule has 0 aliphatic carbocycles. The molecule has 3 heterocycles. The van der Waals surface area contributed by atoms with Crippen molar-refractivity contribution < 1.29 is 61.2 Å². The van der Waals surface area contributed by atoms with Crippen LogP contribution >= 0.6 is 0 Å². The molecule has 2 N–H and O–H groups in total. The van der Waals surface area contributed by atoms with Gasteiger partial charge in [0.05, 0.1) is 12.6 Å². The first kappa shape index (κ1) is 21.8. The van der Waals surface area contributed by atoms with Crippen LogP contribution < -0.4 is 40.4 Å². The van der Waals surface area contributed by atoms with Crippen LogP contribution in [0.5, 0.6) is 0 Å². The minimum atomic E-state index is -5.05. The van der Waals surface area contributed by atoms with Gasteiger partial charge < -0.3 is 14.8 Å². The average Bonchev–Trinajstić information content (AvgIpc) is 2.79. The number of piperidine rings is 2. The Balaban J connectivity index is 0.00000243. The fraction of sp³-hybridized carbons (Fsp3) is 0.846. The monoisotopic (exact) mass is 400 g/mol. The summed E-state index contributed by atoms with van der Waals surface area (Å²) in [4.78, 5) is 31.0. The number of carbonyl (C=O) groups is 2. The summed E-state index contributed by atoms with van der Waals surface area (Å²) in [5, 5.41) is 3.79. The van der Waals surface area contributed by atoms with E-state index in [9.17, 15) is 22.6 Å². The van der Waals surface area contributed by atoms with Crippen molar-refractivity contribution in [2.75, 3.05) is 26.2 Å². The van der Waals surface area contributed by atoms with E-state index in [0.717, 1.165) is 25.9 Å². The molecule has 0 saturated carbocycles. The summed E-state index contributed by atoms with van der Waals surface area (Å²) in [6, 6.07) is -2.14. The fourth-order valence-electron chi connectivity index (χ4n) is 3.45. The van der Waals surface area contributed by atoms with Crippen LogP contribution in [-0.4, -0.2) is 73.2 Å². The van der Waals surface area contributed by atoms with Crippen LogP contribution in [-0.2, 0) is 24.3 Å². The van der Waals surface area contributed by atoms with Gasteiger partial charge in [-0.15, -0.1) is 0 Å². The molecule has 2 bridgehead atoms. The molecule has 2 atom stereocenters. The second kappa shape index (κ2) is 9.15. The SMILES string of the molecule is O=C(NOCC1CCNCC1)[C@@H]1CC[C@@H]2CN1C(=O)N2OS(=O)(=O)[O-].[Na+]. The topological polar surface area (TPSA) is 140 Å². The number of urea groups is 1. The van der Waals surface area contributed by atoms with Crippen LogP contribution in [0.25, 0.3) is 0 Å². The molecule has 0 aromatic heterocycles. The fourth-order valence-corrected chi connectivity index (χ4v) is 3.83. The van der Waals surface area contributed by atoms with E-state index in [1.807, 2.05) is 0 Å². The van der Waals surface area contributed by atoms with E-state index >= 15 is 0 Å². The maximum absolute atomic E-state index is 12.3. The predicted octanol–water partition coefficient (Wildman–Crippen LogP) is -4.30. The van der Waals surface area contributed by atoms with Gasteiger partial charge in [0.1, 0.15) is 6.04 Å². The summed E-state index contributed by atoms with van der Waals surface area (Å²) in [7, 11) is -5.05. The summed E-state index contributed by atoms with van der Waals surface area (Å²) in [5.74, 6) is -0.0931. The van der Waals surface area contributed by atoms with E-state index < -0.39 is 34.4 Å². The quantitative estimate of drug-likeness (QED) is 0.198. The summed E-state index contributed by atoms with van der Waals surface area (Å²) in [6.07, 6.45) is 2.63. The van der Waals surface area contributed by atoms with Gasteiger partial charge in [-0.05, 0) is 44.7 Å². The van der Waals surface area contributed by atoms with Crippen LogP contribution in [0.15, 0.2) is 0 Å². The van der Waals surface area contributed by atoms with Crippen molar-refractivity contribution in [3.63, 3.8) is 0 Å². The van der Waals surface area contributed by atoms with E-state index in [0.29, 0.717) is 30.4 Å². The molecule has 0 aromatic rings. The Morgan fingerprint density at radius 3 is 2.62 bits per heavy atom. The van der Waals surface area contributed by atoms with Gasteiger partial charge in [-0.2, -0.15) is 9.35 Å². The van der Waals surface area contributed by atoms with E-state index in [4.69, 9.17) is 4.84 Å². The molecular formula is C13H21N4NaO7S. The van der Waals surface area contributed by atoms with Crippen molar-refractivity contribution in [3.8, 4) is 0 Å². The number of rotatable bonds is 6. The summed E-state index contributed by atoms with van der Waals surface area (Å²) in [6.45, 7) is 2.38. The number of nitrogens with one attached hydrogen (secondary N) is 2. The zero-order valence-corrected chi connectivity index (χ0v) is 17.4. The minimum absolute atomic E-state index is 0. The maximum atomic E-state index is 12.3. The molecule has 142 valence electrons. The second-order valence-electron chi connectivity index (χ2n) is 6.46. The van der Waals surface area contributed by atoms with Crippen molar-refractivity contribution in [2.45, 2.75) is 37.8 Å². The zero-order chi connectivity index (χ0) is 18.0. The van der Waals surface area contributed by atoms with E-state index in [2.05, 4.69) is 15.1 Å². The molecule has 0 aromatic carbocycles. The van der Waals surface area contributed by atoms with Crippen molar-refractivity contribution in [2.24, 2.45) is 5.92 Å². The Morgan fingerprint density at radius 1 is 1.27 bits per heavy atom. The normalized spacial score (nSPS) is 26.6. The largest absolute Gasteiger partial charge is 1.00 e. The Kier molecular flexibility index (Phi) is 7.68. The van der Waals surface area contributed by atoms with Crippen molar-refractivity contribution in [3.05, 3.63) is 0 Å². The van der Waals surface area contributed by atoms with Crippen molar-refractivity contribution >= 4 is 22.3 Å². The first-order valence-electron chi connectivity index (χ1n) is 8.23. The Morgan fingerprint density at radius 2 is 1.96 bits per heavy atom. The number of nitrogens with zero attached hydrogens (tertiary/aromatic N) is 2. The smallest absolute Gasteiger partial charge is 0.724 e. The second-order valence-corrected chi connectivity index (χ2v) is 7.43. The van der Waals surface area contributed by atoms with Gasteiger partial charge in [0.25, 0.3) is 5.91 Å². The number of hydrogen-bond donors (Lipinski definition) is 2. The number of hydroxylamine groups is 3. The van der Waals surface area contributed by atoms with Gasteiger partial charge in [0.15, 0.2) is 0 Å². The molecule has 3 saturated heterocycles.